The third-order valence-electron chi connectivity index (χ3n) is 5.98. The van der Waals surface area contributed by atoms with Gasteiger partial charge in [0.15, 0.2) is 0 Å². The molecule has 1 aliphatic rings. The number of carbonyl (C=O) groups is 1. The third kappa shape index (κ3) is 7.31. The van der Waals surface area contributed by atoms with E-state index in [4.69, 9.17) is 9.26 Å². The number of ether oxygens (including phenoxy) is 1. The Bertz CT molecular complexity index is 849. The average Bonchev–Trinajstić information content (AvgIpc) is 3.23. The Hall–Kier alpha value is -2.44. The van der Waals surface area contributed by atoms with Crippen LogP contribution in [0.2, 0.25) is 0 Å². The van der Waals surface area contributed by atoms with Gasteiger partial charge in [-0.15, -0.1) is 0 Å². The van der Waals surface area contributed by atoms with E-state index < -0.39 is 5.60 Å². The fourth-order valence-corrected chi connectivity index (χ4v) is 4.33. The molecule has 1 saturated carbocycles. The number of nitrogens with zero attached hydrogens (tertiary/aromatic N) is 4. The lowest BCUT2D eigenvalue weighted by Crippen LogP contribution is -2.25. The second-order valence-corrected chi connectivity index (χ2v) is 10.2. The van der Waals surface area contributed by atoms with Crippen LogP contribution in [0.4, 0.5) is 5.82 Å². The molecule has 1 aliphatic carbocycles. The van der Waals surface area contributed by atoms with Crippen LogP contribution in [0.15, 0.2) is 22.9 Å². The number of hydrogen-bond acceptors (Lipinski definition) is 7. The summed E-state index contributed by atoms with van der Waals surface area (Å²) in [5.41, 5.74) is 0.285. The van der Waals surface area contributed by atoms with E-state index in [0.717, 1.165) is 30.1 Å². The summed E-state index contributed by atoms with van der Waals surface area (Å²) >= 11 is 0. The van der Waals surface area contributed by atoms with Crippen molar-refractivity contribution in [3.8, 4) is 11.4 Å². The molecule has 0 spiro atoms. The molecule has 2 heterocycles. The summed E-state index contributed by atoms with van der Waals surface area (Å²) in [6, 6.07) is 3.86. The highest BCUT2D eigenvalue weighted by atomic mass is 16.6. The number of hydrogen-bond donors (Lipinski definition) is 0. The normalized spacial score (nSPS) is 16.0. The summed E-state index contributed by atoms with van der Waals surface area (Å²) in [5, 5.41) is 4.17. The van der Waals surface area contributed by atoms with E-state index in [2.05, 4.69) is 15.1 Å². The predicted octanol–water partition coefficient (Wildman–Crippen LogP) is 5.76. The SMILES string of the molecule is CN(C)c1ccc(-c2noc(C(CCCC3CCCCC3)CC(=O)OC(C)(C)C)n2)cn1. The number of anilines is 1. The van der Waals surface area contributed by atoms with Crippen molar-refractivity contribution in [1.29, 1.82) is 0 Å². The van der Waals surface area contributed by atoms with Crippen LogP contribution in [-0.4, -0.2) is 40.8 Å². The standard InChI is InChI=1S/C25H38N4O3/c1-25(2,3)31-22(30)16-19(13-9-12-18-10-7-6-8-11-18)24-27-23(28-32-24)20-14-15-21(26-17-20)29(4)5/h14-15,17-19H,6-13,16H2,1-5H3. The van der Waals surface area contributed by atoms with Gasteiger partial charge in [-0.1, -0.05) is 50.1 Å². The summed E-state index contributed by atoms with van der Waals surface area (Å²) in [6.45, 7) is 5.66. The van der Waals surface area contributed by atoms with E-state index in [1.165, 1.54) is 38.5 Å². The summed E-state index contributed by atoms with van der Waals surface area (Å²) in [7, 11) is 3.89. The van der Waals surface area contributed by atoms with Gasteiger partial charge in [0, 0.05) is 31.8 Å². The van der Waals surface area contributed by atoms with Gasteiger partial charge in [-0.25, -0.2) is 4.98 Å². The van der Waals surface area contributed by atoms with Crippen LogP contribution >= 0.6 is 0 Å². The Kier molecular flexibility index (Phi) is 8.26. The molecule has 3 rings (SSSR count). The molecule has 0 N–H and O–H groups in total. The van der Waals surface area contributed by atoms with Crippen molar-refractivity contribution >= 4 is 11.8 Å². The fourth-order valence-electron chi connectivity index (χ4n) is 4.33. The second-order valence-electron chi connectivity index (χ2n) is 10.2. The molecule has 1 unspecified atom stereocenters. The molecule has 0 radical (unpaired) electrons. The lowest BCUT2D eigenvalue weighted by molar-refractivity contribution is -0.155. The first-order valence-corrected chi connectivity index (χ1v) is 11.9. The molecule has 32 heavy (non-hydrogen) atoms. The minimum atomic E-state index is -0.510. The number of esters is 1. The highest BCUT2D eigenvalue weighted by molar-refractivity contribution is 5.70. The lowest BCUT2D eigenvalue weighted by atomic mass is 9.84. The maximum atomic E-state index is 12.6. The first-order chi connectivity index (χ1) is 15.2. The Balaban J connectivity index is 1.69. The van der Waals surface area contributed by atoms with Gasteiger partial charge in [0.25, 0.3) is 0 Å². The third-order valence-corrected chi connectivity index (χ3v) is 5.98. The summed E-state index contributed by atoms with van der Waals surface area (Å²) in [5.74, 6) is 2.32. The van der Waals surface area contributed by atoms with Gasteiger partial charge < -0.3 is 14.2 Å². The van der Waals surface area contributed by atoms with Crippen LogP contribution in [-0.2, 0) is 9.53 Å². The van der Waals surface area contributed by atoms with Gasteiger partial charge in [0.1, 0.15) is 11.4 Å². The van der Waals surface area contributed by atoms with Gasteiger partial charge in [-0.2, -0.15) is 4.98 Å². The van der Waals surface area contributed by atoms with Crippen molar-refractivity contribution in [3.05, 3.63) is 24.2 Å². The quantitative estimate of drug-likeness (QED) is 0.456. The summed E-state index contributed by atoms with van der Waals surface area (Å²) in [4.78, 5) is 23.6. The molecule has 1 fully saturated rings. The van der Waals surface area contributed by atoms with Gasteiger partial charge >= 0.3 is 5.97 Å². The zero-order valence-corrected chi connectivity index (χ0v) is 20.3. The Morgan fingerprint density at radius 1 is 1.22 bits per heavy atom. The summed E-state index contributed by atoms with van der Waals surface area (Å²) < 4.78 is 11.2. The Morgan fingerprint density at radius 3 is 2.59 bits per heavy atom. The zero-order valence-electron chi connectivity index (χ0n) is 20.3. The van der Waals surface area contributed by atoms with Crippen LogP contribution in [0, 0.1) is 5.92 Å². The second kappa shape index (κ2) is 10.9. The molecule has 1 atom stereocenters. The smallest absolute Gasteiger partial charge is 0.307 e. The molecular formula is C25H38N4O3. The molecule has 0 aromatic carbocycles. The average molecular weight is 443 g/mol. The summed E-state index contributed by atoms with van der Waals surface area (Å²) in [6.07, 6.45) is 11.8. The molecule has 2 aromatic heterocycles. The van der Waals surface area contributed by atoms with Crippen LogP contribution in [0.1, 0.15) is 90.4 Å². The molecular weight excluding hydrogens is 404 g/mol. The van der Waals surface area contributed by atoms with E-state index >= 15 is 0 Å². The minimum Gasteiger partial charge on any atom is -0.460 e. The van der Waals surface area contributed by atoms with Crippen LogP contribution in [0.3, 0.4) is 0 Å². The maximum absolute atomic E-state index is 12.6. The monoisotopic (exact) mass is 442 g/mol. The molecule has 7 heteroatoms. The van der Waals surface area contributed by atoms with E-state index in [1.807, 2.05) is 51.9 Å². The number of pyridine rings is 1. The minimum absolute atomic E-state index is 0.135. The van der Waals surface area contributed by atoms with E-state index in [-0.39, 0.29) is 18.3 Å². The lowest BCUT2D eigenvalue weighted by Gasteiger charge is -2.23. The number of aromatic nitrogens is 3. The zero-order chi connectivity index (χ0) is 23.1. The maximum Gasteiger partial charge on any atom is 0.307 e. The molecule has 0 aliphatic heterocycles. The van der Waals surface area contributed by atoms with Crippen molar-refractivity contribution in [2.75, 3.05) is 19.0 Å². The number of carbonyl (C=O) groups excluding carboxylic acids is 1. The van der Waals surface area contributed by atoms with E-state index in [1.54, 1.807) is 6.20 Å². The molecule has 0 amide bonds. The number of rotatable bonds is 9. The molecule has 176 valence electrons. The van der Waals surface area contributed by atoms with Crippen molar-refractivity contribution in [2.45, 2.75) is 90.1 Å². The molecule has 7 nitrogen and oxygen atoms in total. The van der Waals surface area contributed by atoms with Crippen molar-refractivity contribution in [2.24, 2.45) is 5.92 Å². The van der Waals surface area contributed by atoms with Crippen LogP contribution in [0.5, 0.6) is 0 Å². The fraction of sp³-hybridized carbons (Fsp3) is 0.680. The first-order valence-electron chi connectivity index (χ1n) is 11.9. The molecule has 2 aromatic rings. The largest absolute Gasteiger partial charge is 0.460 e. The van der Waals surface area contributed by atoms with Gasteiger partial charge in [0.2, 0.25) is 11.7 Å². The van der Waals surface area contributed by atoms with Gasteiger partial charge in [-0.05, 0) is 45.2 Å². The van der Waals surface area contributed by atoms with E-state index in [9.17, 15) is 4.79 Å². The molecule has 0 saturated heterocycles. The van der Waals surface area contributed by atoms with Crippen molar-refractivity contribution in [3.63, 3.8) is 0 Å². The topological polar surface area (TPSA) is 81.4 Å². The Labute approximate surface area is 191 Å². The van der Waals surface area contributed by atoms with Gasteiger partial charge in [-0.3, -0.25) is 4.79 Å². The van der Waals surface area contributed by atoms with Gasteiger partial charge in [0.05, 0.1) is 6.42 Å². The first kappa shape index (κ1) is 24.2. The highest BCUT2D eigenvalue weighted by Gasteiger charge is 2.26. The van der Waals surface area contributed by atoms with E-state index in [0.29, 0.717) is 11.7 Å². The van der Waals surface area contributed by atoms with Crippen LogP contribution in [0.25, 0.3) is 11.4 Å². The Morgan fingerprint density at radius 2 is 1.97 bits per heavy atom. The van der Waals surface area contributed by atoms with Crippen molar-refractivity contribution < 1.29 is 14.1 Å². The van der Waals surface area contributed by atoms with Crippen molar-refractivity contribution in [1.82, 2.24) is 15.1 Å². The van der Waals surface area contributed by atoms with Crippen LogP contribution < -0.4 is 4.90 Å². The molecule has 0 bridgehead atoms. The predicted molar refractivity (Wildman–Crippen MR) is 125 cm³/mol. The highest BCUT2D eigenvalue weighted by Crippen LogP contribution is 2.32.